The number of unbranched alkanes of at least 4 members (excludes halogenated alkanes) is 22. The summed E-state index contributed by atoms with van der Waals surface area (Å²) in [6.45, 7) is 6.65. The van der Waals surface area contributed by atoms with E-state index in [-0.39, 0.29) is 31.3 Å². The first kappa shape index (κ1) is 67.2. The van der Waals surface area contributed by atoms with Crippen molar-refractivity contribution in [1.29, 1.82) is 0 Å². The number of hydrogen-bond acceptors (Lipinski definition) is 7. The molecule has 404 valence electrons. The van der Waals surface area contributed by atoms with E-state index in [9.17, 15) is 19.0 Å². The maximum atomic E-state index is 13.5. The van der Waals surface area contributed by atoms with E-state index in [0.29, 0.717) is 23.9 Å². The van der Waals surface area contributed by atoms with Gasteiger partial charge in [-0.05, 0) is 102 Å². The van der Waals surface area contributed by atoms with E-state index in [1.54, 1.807) is 0 Å². The van der Waals surface area contributed by atoms with Crippen LogP contribution in [0.25, 0.3) is 0 Å². The van der Waals surface area contributed by atoms with Gasteiger partial charge in [0.15, 0.2) is 0 Å². The van der Waals surface area contributed by atoms with Crippen molar-refractivity contribution in [3.8, 4) is 0 Å². The van der Waals surface area contributed by atoms with Gasteiger partial charge in [0.2, 0.25) is 5.91 Å². The molecule has 0 radical (unpaired) electrons. The minimum absolute atomic E-state index is 0.0344. The number of likely N-dealkylation sites (N-methyl/N-ethyl adjacent to an activating group) is 1. The number of nitrogens with one attached hydrogen (secondary N) is 1. The molecule has 70 heavy (non-hydrogen) atoms. The van der Waals surface area contributed by atoms with E-state index in [2.05, 4.69) is 99.0 Å². The molecule has 0 heterocycles. The molecule has 0 aliphatic rings. The van der Waals surface area contributed by atoms with Gasteiger partial charge in [-0.2, -0.15) is 0 Å². The van der Waals surface area contributed by atoms with Gasteiger partial charge in [-0.15, -0.1) is 0 Å². The summed E-state index contributed by atoms with van der Waals surface area (Å²) in [5, 5.41) is 3.00. The monoisotopic (exact) mass is 999 g/mol. The molecule has 0 saturated carbocycles. The maximum absolute atomic E-state index is 13.5. The molecule has 0 aromatic heterocycles. The minimum Gasteiger partial charge on any atom is -0.756 e. The van der Waals surface area contributed by atoms with E-state index in [1.807, 2.05) is 33.3 Å². The van der Waals surface area contributed by atoms with E-state index < -0.39 is 26.6 Å². The summed E-state index contributed by atoms with van der Waals surface area (Å²) in [7, 11) is 1.14. The number of hydrogen-bond donors (Lipinski definition) is 1. The molecule has 0 aliphatic heterocycles. The number of phosphoric acid groups is 1. The quantitative estimate of drug-likeness (QED) is 0.0212. The van der Waals surface area contributed by atoms with Crippen LogP contribution in [0.5, 0.6) is 0 Å². The number of carbonyl (C=O) groups excluding carboxylic acids is 2. The largest absolute Gasteiger partial charge is 0.756 e. The van der Waals surface area contributed by atoms with Crippen molar-refractivity contribution in [1.82, 2.24) is 5.32 Å². The van der Waals surface area contributed by atoms with Gasteiger partial charge in [0.1, 0.15) is 19.3 Å². The Morgan fingerprint density at radius 2 is 0.914 bits per heavy atom. The van der Waals surface area contributed by atoms with Crippen LogP contribution in [0.15, 0.2) is 85.1 Å². The Hall–Kier alpha value is -2.81. The Morgan fingerprint density at radius 1 is 0.514 bits per heavy atom. The molecule has 1 amide bonds. The van der Waals surface area contributed by atoms with Crippen molar-refractivity contribution in [3.05, 3.63) is 85.1 Å². The van der Waals surface area contributed by atoms with Crippen molar-refractivity contribution in [2.24, 2.45) is 0 Å². The van der Waals surface area contributed by atoms with Crippen LogP contribution in [-0.4, -0.2) is 69.4 Å². The summed E-state index contributed by atoms with van der Waals surface area (Å²) in [6.07, 6.45) is 64.0. The van der Waals surface area contributed by atoms with E-state index in [0.717, 1.165) is 103 Å². The minimum atomic E-state index is -4.71. The van der Waals surface area contributed by atoms with Gasteiger partial charge in [0.25, 0.3) is 7.82 Å². The predicted octanol–water partition coefficient (Wildman–Crippen LogP) is 16.4. The van der Waals surface area contributed by atoms with Crippen molar-refractivity contribution >= 4 is 19.7 Å². The molecule has 0 saturated heterocycles. The SMILES string of the molecule is CC/C=C/C/C=C/C/C=C/CCCCCCC(=O)OC(/C=C/CCCCCCCCCCCCC)C(COP(=O)([O-])OCC[N+](C)(C)C)NC(=O)CCCCCC/C=C\C/C=C\C/C=C\CCCCC. The van der Waals surface area contributed by atoms with Crippen LogP contribution in [0.3, 0.4) is 0 Å². The number of nitrogens with zero attached hydrogens (tertiary/aromatic N) is 1. The summed E-state index contributed by atoms with van der Waals surface area (Å²) in [4.78, 5) is 39.8. The molecule has 1 N–H and O–H groups in total. The number of ether oxygens (including phenoxy) is 1. The first-order valence-electron chi connectivity index (χ1n) is 28.4. The Bertz CT molecular complexity index is 1480. The molecule has 10 heteroatoms. The molecule has 0 fully saturated rings. The van der Waals surface area contributed by atoms with E-state index in [1.165, 1.54) is 83.5 Å². The third-order valence-corrected chi connectivity index (χ3v) is 13.0. The lowest BCUT2D eigenvalue weighted by atomic mass is 10.0. The third-order valence-electron chi connectivity index (χ3n) is 12.1. The molecule has 0 spiro atoms. The number of phosphoric ester groups is 1. The van der Waals surface area contributed by atoms with Crippen LogP contribution in [0.1, 0.15) is 233 Å². The maximum Gasteiger partial charge on any atom is 0.306 e. The molecule has 3 atom stereocenters. The fourth-order valence-electron chi connectivity index (χ4n) is 7.66. The molecule has 9 nitrogen and oxygen atoms in total. The summed E-state index contributed by atoms with van der Waals surface area (Å²) in [6, 6.07) is -0.912. The summed E-state index contributed by atoms with van der Waals surface area (Å²) < 4.78 is 30.2. The lowest BCUT2D eigenvalue weighted by Gasteiger charge is -2.30. The fraction of sp³-hybridized carbons (Fsp3) is 0.733. The zero-order valence-corrected chi connectivity index (χ0v) is 46.8. The summed E-state index contributed by atoms with van der Waals surface area (Å²) in [5.41, 5.74) is 0. The zero-order valence-electron chi connectivity index (χ0n) is 45.9. The van der Waals surface area contributed by atoms with Gasteiger partial charge >= 0.3 is 5.97 Å². The highest BCUT2D eigenvalue weighted by Crippen LogP contribution is 2.38. The highest BCUT2D eigenvalue weighted by Gasteiger charge is 2.27. The van der Waals surface area contributed by atoms with Crippen LogP contribution in [-0.2, 0) is 27.9 Å². The highest BCUT2D eigenvalue weighted by molar-refractivity contribution is 7.45. The summed E-state index contributed by atoms with van der Waals surface area (Å²) in [5.74, 6) is -0.597. The van der Waals surface area contributed by atoms with Gasteiger partial charge in [-0.1, -0.05) is 202 Å². The standard InChI is InChI=1S/C60H107N2O7P/c1-7-10-13-16-19-22-25-28-30-31-32-34-37-40-43-46-49-52-59(63)61-57(56-68-70(65,66)67-55-54-62(4,5)6)58(51-48-45-42-39-36-33-27-24-21-18-15-12-9-3)69-60(64)53-50-47-44-41-38-35-29-26-23-20-17-14-11-8-2/h11,14,19-20,22-23,28-30,32,34-35,48,51,57-58H,7-10,12-13,15-18,21,24-27,31,33,36-47,49-50,52-56H2,1-6H3,(H-,61,63,65,66)/b14-11+,22-19-,23-20+,30-28-,34-32-,35-29+,51-48+. The lowest BCUT2D eigenvalue weighted by molar-refractivity contribution is -0.870. The molecule has 0 bridgehead atoms. The second-order valence-corrected chi connectivity index (χ2v) is 21.5. The number of allylic oxidation sites excluding steroid dienone is 13. The normalized spacial score (nSPS) is 14.4. The smallest absolute Gasteiger partial charge is 0.306 e. The molecule has 3 unspecified atom stereocenters. The van der Waals surface area contributed by atoms with E-state index >= 15 is 0 Å². The van der Waals surface area contributed by atoms with Gasteiger partial charge in [0.05, 0.1) is 33.8 Å². The molecule has 0 aromatic carbocycles. The number of rotatable bonds is 50. The number of quaternary nitrogens is 1. The molecular weight excluding hydrogens is 892 g/mol. The second-order valence-electron chi connectivity index (χ2n) is 20.1. The zero-order chi connectivity index (χ0) is 51.5. The predicted molar refractivity (Wildman–Crippen MR) is 298 cm³/mol. The van der Waals surface area contributed by atoms with Crippen LogP contribution >= 0.6 is 7.82 Å². The topological polar surface area (TPSA) is 114 Å². The lowest BCUT2D eigenvalue weighted by Crippen LogP contribution is -2.47. The number of amides is 1. The van der Waals surface area contributed by atoms with Crippen LogP contribution in [0.4, 0.5) is 0 Å². The van der Waals surface area contributed by atoms with Crippen LogP contribution in [0, 0.1) is 0 Å². The third kappa shape index (κ3) is 50.1. The highest BCUT2D eigenvalue weighted by atomic mass is 31.2. The number of carbonyl (C=O) groups is 2. The van der Waals surface area contributed by atoms with Crippen LogP contribution in [0.2, 0.25) is 0 Å². The Morgan fingerprint density at radius 3 is 1.40 bits per heavy atom. The average Bonchev–Trinajstić information content (AvgIpc) is 3.32. The first-order valence-corrected chi connectivity index (χ1v) is 29.9. The molecule has 0 rings (SSSR count). The molecule has 0 aliphatic carbocycles. The van der Waals surface area contributed by atoms with Gasteiger partial charge in [-0.3, -0.25) is 14.2 Å². The van der Waals surface area contributed by atoms with Gasteiger partial charge < -0.3 is 28.5 Å². The average molecular weight is 999 g/mol. The number of esters is 1. The second kappa shape index (κ2) is 49.8. The first-order chi connectivity index (χ1) is 33.9. The Balaban J connectivity index is 5.46. The summed E-state index contributed by atoms with van der Waals surface area (Å²) >= 11 is 0. The Labute approximate surface area is 431 Å². The molecular formula is C60H107N2O7P. The fourth-order valence-corrected chi connectivity index (χ4v) is 8.38. The van der Waals surface area contributed by atoms with Crippen LogP contribution < -0.4 is 10.2 Å². The van der Waals surface area contributed by atoms with Crippen molar-refractivity contribution < 1.29 is 37.3 Å². The molecule has 0 aromatic rings. The van der Waals surface area contributed by atoms with Gasteiger partial charge in [0, 0.05) is 12.8 Å². The van der Waals surface area contributed by atoms with E-state index in [4.69, 9.17) is 13.8 Å². The van der Waals surface area contributed by atoms with Crippen molar-refractivity contribution in [2.75, 3.05) is 40.9 Å². The van der Waals surface area contributed by atoms with Gasteiger partial charge in [-0.25, -0.2) is 0 Å². The van der Waals surface area contributed by atoms with Crippen molar-refractivity contribution in [3.63, 3.8) is 0 Å². The Kier molecular flexibility index (Phi) is 47.8. The van der Waals surface area contributed by atoms with Crippen molar-refractivity contribution in [2.45, 2.75) is 245 Å².